The molecule has 4 nitrogen and oxygen atoms in total. The topological polar surface area (TPSA) is 36.4 Å². The quantitative estimate of drug-likeness (QED) is 0.614. The van der Waals surface area contributed by atoms with Gasteiger partial charge < -0.3 is 9.80 Å². The number of anilines is 1. The zero-order valence-electron chi connectivity index (χ0n) is 15.8. The number of hydrogen-bond donors (Lipinski definition) is 0. The number of carbonyl (C=O) groups is 1. The van der Waals surface area contributed by atoms with Crippen molar-refractivity contribution >= 4 is 40.2 Å². The van der Waals surface area contributed by atoms with Crippen LogP contribution in [0, 0.1) is 6.92 Å². The van der Waals surface area contributed by atoms with Crippen LogP contribution >= 0.6 is 11.6 Å². The van der Waals surface area contributed by atoms with E-state index in [0.29, 0.717) is 13.1 Å². The molecule has 0 atom stereocenters. The summed E-state index contributed by atoms with van der Waals surface area (Å²) in [4.78, 5) is 21.3. The Labute approximate surface area is 170 Å². The summed E-state index contributed by atoms with van der Waals surface area (Å²) in [5.41, 5.74) is 4.07. The van der Waals surface area contributed by atoms with Gasteiger partial charge >= 0.3 is 0 Å². The minimum atomic E-state index is 0.0254. The Morgan fingerprint density at radius 3 is 2.64 bits per heavy atom. The second kappa shape index (κ2) is 8.03. The highest BCUT2D eigenvalue weighted by Gasteiger charge is 2.21. The Balaban J connectivity index is 1.39. The van der Waals surface area contributed by atoms with Crippen LogP contribution < -0.4 is 4.90 Å². The van der Waals surface area contributed by atoms with Gasteiger partial charge in [0, 0.05) is 48.4 Å². The molecule has 0 saturated carbocycles. The van der Waals surface area contributed by atoms with E-state index >= 15 is 0 Å². The van der Waals surface area contributed by atoms with Crippen LogP contribution in [-0.4, -0.2) is 42.0 Å². The molecule has 2 heterocycles. The smallest absolute Gasteiger partial charge is 0.246 e. The summed E-state index contributed by atoms with van der Waals surface area (Å²) >= 11 is 6.14. The van der Waals surface area contributed by atoms with Crippen LogP contribution in [0.5, 0.6) is 0 Å². The van der Waals surface area contributed by atoms with Crippen molar-refractivity contribution in [3.8, 4) is 0 Å². The number of nitrogens with zero attached hydrogens (tertiary/aromatic N) is 3. The molecule has 0 spiro atoms. The number of halogens is 1. The second-order valence-corrected chi connectivity index (χ2v) is 7.44. The number of fused-ring (bicyclic) bond motifs is 1. The van der Waals surface area contributed by atoms with E-state index < -0.39 is 0 Å². The van der Waals surface area contributed by atoms with Crippen molar-refractivity contribution < 1.29 is 4.79 Å². The Hall–Kier alpha value is -2.85. The van der Waals surface area contributed by atoms with E-state index in [1.54, 1.807) is 12.2 Å². The summed E-state index contributed by atoms with van der Waals surface area (Å²) in [5, 5.41) is 1.84. The molecule has 1 aromatic heterocycles. The molecule has 142 valence electrons. The predicted molar refractivity (Wildman–Crippen MR) is 116 cm³/mol. The number of piperazine rings is 1. The van der Waals surface area contributed by atoms with Crippen molar-refractivity contribution in [1.29, 1.82) is 0 Å². The lowest BCUT2D eigenvalue weighted by Crippen LogP contribution is -2.48. The summed E-state index contributed by atoms with van der Waals surface area (Å²) in [6, 6.07) is 17.9. The van der Waals surface area contributed by atoms with E-state index in [-0.39, 0.29) is 5.91 Å². The van der Waals surface area contributed by atoms with Gasteiger partial charge in [-0.25, -0.2) is 4.98 Å². The van der Waals surface area contributed by atoms with Crippen LogP contribution in [0.15, 0.2) is 60.7 Å². The van der Waals surface area contributed by atoms with Gasteiger partial charge in [0.15, 0.2) is 0 Å². The fraction of sp³-hybridized carbons (Fsp3) is 0.217. The Morgan fingerprint density at radius 1 is 1.04 bits per heavy atom. The molecule has 1 aliphatic rings. The van der Waals surface area contributed by atoms with Crippen molar-refractivity contribution in [3.05, 3.63) is 77.0 Å². The van der Waals surface area contributed by atoms with E-state index in [0.717, 1.165) is 40.4 Å². The Morgan fingerprint density at radius 2 is 1.82 bits per heavy atom. The maximum Gasteiger partial charge on any atom is 0.246 e. The maximum absolute atomic E-state index is 12.6. The van der Waals surface area contributed by atoms with Gasteiger partial charge in [0.2, 0.25) is 5.91 Å². The summed E-state index contributed by atoms with van der Waals surface area (Å²) in [6.45, 7) is 5.08. The fourth-order valence-electron chi connectivity index (χ4n) is 3.53. The van der Waals surface area contributed by atoms with Crippen molar-refractivity contribution in [3.63, 3.8) is 0 Å². The molecular weight excluding hydrogens is 370 g/mol. The van der Waals surface area contributed by atoms with Crippen molar-refractivity contribution in [2.24, 2.45) is 0 Å². The number of amides is 1. The minimum Gasteiger partial charge on any atom is -0.368 e. The first-order valence-corrected chi connectivity index (χ1v) is 9.82. The van der Waals surface area contributed by atoms with Crippen LogP contribution in [-0.2, 0) is 4.79 Å². The zero-order chi connectivity index (χ0) is 19.5. The van der Waals surface area contributed by atoms with Gasteiger partial charge in [0.1, 0.15) is 0 Å². The first-order valence-electron chi connectivity index (χ1n) is 9.44. The van der Waals surface area contributed by atoms with Crippen LogP contribution in [0.2, 0.25) is 5.02 Å². The predicted octanol–water partition coefficient (Wildman–Crippen LogP) is 4.56. The SMILES string of the molecule is Cc1ccc(Cl)cc1N1CCN(C(=O)/C=C/c2ccc3ccccc3n2)CC1. The molecule has 0 aliphatic carbocycles. The number of carbonyl (C=O) groups excluding carboxylic acids is 1. The van der Waals surface area contributed by atoms with Crippen molar-refractivity contribution in [2.75, 3.05) is 31.1 Å². The third kappa shape index (κ3) is 4.02. The molecule has 4 rings (SSSR count). The summed E-state index contributed by atoms with van der Waals surface area (Å²) in [6.07, 6.45) is 3.42. The number of aryl methyl sites for hydroxylation is 1. The maximum atomic E-state index is 12.6. The molecule has 1 saturated heterocycles. The molecule has 0 unspecified atom stereocenters. The average Bonchev–Trinajstić information content (AvgIpc) is 2.73. The van der Waals surface area contributed by atoms with Gasteiger partial charge in [-0.3, -0.25) is 4.79 Å². The lowest BCUT2D eigenvalue weighted by molar-refractivity contribution is -0.126. The van der Waals surface area contributed by atoms with Gasteiger partial charge in [-0.1, -0.05) is 41.9 Å². The van der Waals surface area contributed by atoms with Gasteiger partial charge in [-0.05, 0) is 42.8 Å². The molecule has 3 aromatic rings. The second-order valence-electron chi connectivity index (χ2n) is 7.01. The number of rotatable bonds is 3. The Bertz CT molecular complexity index is 1040. The molecule has 2 aromatic carbocycles. The van der Waals surface area contributed by atoms with E-state index in [9.17, 15) is 4.79 Å². The van der Waals surface area contributed by atoms with Crippen LogP contribution in [0.1, 0.15) is 11.3 Å². The monoisotopic (exact) mass is 391 g/mol. The molecule has 1 amide bonds. The molecule has 28 heavy (non-hydrogen) atoms. The van der Waals surface area contributed by atoms with Gasteiger partial charge in [-0.2, -0.15) is 0 Å². The third-order valence-electron chi connectivity index (χ3n) is 5.12. The number of hydrogen-bond acceptors (Lipinski definition) is 3. The molecule has 0 N–H and O–H groups in total. The number of aromatic nitrogens is 1. The van der Waals surface area contributed by atoms with E-state index in [4.69, 9.17) is 11.6 Å². The standard InChI is InChI=1S/C23H22ClN3O/c1-17-6-8-19(24)16-22(17)26-12-14-27(15-13-26)23(28)11-10-20-9-7-18-4-2-3-5-21(18)25-20/h2-11,16H,12-15H2,1H3/b11-10+. The van der Waals surface area contributed by atoms with Crippen molar-refractivity contribution in [2.45, 2.75) is 6.92 Å². The molecule has 5 heteroatoms. The lowest BCUT2D eigenvalue weighted by atomic mass is 10.1. The summed E-state index contributed by atoms with van der Waals surface area (Å²) in [5.74, 6) is 0.0254. The lowest BCUT2D eigenvalue weighted by Gasteiger charge is -2.36. The number of benzene rings is 2. The third-order valence-corrected chi connectivity index (χ3v) is 5.35. The van der Waals surface area contributed by atoms with Crippen LogP contribution in [0.3, 0.4) is 0 Å². The zero-order valence-corrected chi connectivity index (χ0v) is 16.6. The summed E-state index contributed by atoms with van der Waals surface area (Å²) in [7, 11) is 0. The fourth-order valence-corrected chi connectivity index (χ4v) is 3.69. The minimum absolute atomic E-state index is 0.0254. The average molecular weight is 392 g/mol. The van der Waals surface area contributed by atoms with Crippen molar-refractivity contribution in [1.82, 2.24) is 9.88 Å². The normalized spacial score (nSPS) is 14.8. The molecule has 0 bridgehead atoms. The highest BCUT2D eigenvalue weighted by molar-refractivity contribution is 6.30. The highest BCUT2D eigenvalue weighted by atomic mass is 35.5. The highest BCUT2D eigenvalue weighted by Crippen LogP contribution is 2.25. The molecule has 0 radical (unpaired) electrons. The molecule has 1 aliphatic heterocycles. The first kappa shape index (κ1) is 18.5. The number of pyridine rings is 1. The van der Waals surface area contributed by atoms with E-state index in [2.05, 4.69) is 16.8 Å². The van der Waals surface area contributed by atoms with E-state index in [1.807, 2.05) is 59.5 Å². The Kier molecular flexibility index (Phi) is 5.31. The number of para-hydroxylation sites is 1. The molecule has 1 fully saturated rings. The van der Waals surface area contributed by atoms with Crippen LogP contribution in [0.4, 0.5) is 5.69 Å². The first-order chi connectivity index (χ1) is 13.6. The van der Waals surface area contributed by atoms with Gasteiger partial charge in [-0.15, -0.1) is 0 Å². The van der Waals surface area contributed by atoms with Crippen LogP contribution in [0.25, 0.3) is 17.0 Å². The largest absolute Gasteiger partial charge is 0.368 e. The summed E-state index contributed by atoms with van der Waals surface area (Å²) < 4.78 is 0. The molecular formula is C23H22ClN3O. The van der Waals surface area contributed by atoms with Gasteiger partial charge in [0.05, 0.1) is 11.2 Å². The van der Waals surface area contributed by atoms with Gasteiger partial charge in [0.25, 0.3) is 0 Å². The van der Waals surface area contributed by atoms with E-state index in [1.165, 1.54) is 5.56 Å².